The highest BCUT2D eigenvalue weighted by Gasteiger charge is 2.36. The molecule has 1 aromatic rings. The van der Waals surface area contributed by atoms with Crippen LogP contribution in [-0.2, 0) is 6.18 Å². The van der Waals surface area contributed by atoms with E-state index < -0.39 is 28.6 Å². The first-order chi connectivity index (χ1) is 6.32. The van der Waals surface area contributed by atoms with Gasteiger partial charge in [0.1, 0.15) is 0 Å². The summed E-state index contributed by atoms with van der Waals surface area (Å²) in [6.07, 6.45) is -9.38. The van der Waals surface area contributed by atoms with Gasteiger partial charge in [-0.05, 0) is 0 Å². The number of halogens is 5. The number of rotatable bonds is 2. The van der Waals surface area contributed by atoms with Crippen LogP contribution in [0.25, 0.3) is 0 Å². The number of hydrogen-bond donors (Lipinski definition) is 1. The third-order valence-corrected chi connectivity index (χ3v) is 2.41. The zero-order valence-electron chi connectivity index (χ0n) is 6.42. The summed E-state index contributed by atoms with van der Waals surface area (Å²) < 4.78 is 59.6. The maximum atomic E-state index is 11.9. The monoisotopic (exact) mass is 233 g/mol. The Morgan fingerprint density at radius 3 is 2.29 bits per heavy atom. The van der Waals surface area contributed by atoms with Crippen LogP contribution in [-0.4, -0.2) is 16.5 Å². The van der Waals surface area contributed by atoms with E-state index in [1.165, 1.54) is 0 Å². The molecule has 80 valence electrons. The van der Waals surface area contributed by atoms with Gasteiger partial charge in [-0.25, -0.2) is 13.8 Å². The van der Waals surface area contributed by atoms with Crippen molar-refractivity contribution >= 4 is 11.3 Å². The molecule has 0 bridgehead atoms. The quantitative estimate of drug-likeness (QED) is 0.796. The summed E-state index contributed by atoms with van der Waals surface area (Å²) in [5, 5.41) is 7.49. The van der Waals surface area contributed by atoms with Crippen molar-refractivity contribution in [2.24, 2.45) is 0 Å². The van der Waals surface area contributed by atoms with E-state index in [-0.39, 0.29) is 11.3 Å². The van der Waals surface area contributed by atoms with E-state index in [0.717, 1.165) is 0 Å². The highest BCUT2D eigenvalue weighted by molar-refractivity contribution is 7.11. The van der Waals surface area contributed by atoms with Gasteiger partial charge < -0.3 is 5.11 Å². The standard InChI is InChI=1S/C6H4F5NOS/c7-4(8)3(13)2-1-12-5(14-2)6(9,10)11/h1,3-4,13H. The van der Waals surface area contributed by atoms with E-state index in [4.69, 9.17) is 5.11 Å². The number of nitrogens with zero attached hydrogens (tertiary/aromatic N) is 1. The SMILES string of the molecule is OC(c1cnc(C(F)(F)F)s1)C(F)F. The van der Waals surface area contributed by atoms with Crippen LogP contribution < -0.4 is 0 Å². The van der Waals surface area contributed by atoms with E-state index in [0.29, 0.717) is 6.20 Å². The molecule has 8 heteroatoms. The van der Waals surface area contributed by atoms with Crippen molar-refractivity contribution in [3.05, 3.63) is 16.1 Å². The summed E-state index contributed by atoms with van der Waals surface area (Å²) in [4.78, 5) is 2.40. The lowest BCUT2D eigenvalue weighted by atomic mass is 10.3. The average molecular weight is 233 g/mol. The van der Waals surface area contributed by atoms with Gasteiger partial charge in [0, 0.05) is 6.20 Å². The smallest absolute Gasteiger partial charge is 0.382 e. The molecular formula is C6H4F5NOS. The van der Waals surface area contributed by atoms with Crippen LogP contribution in [0.15, 0.2) is 6.20 Å². The Labute approximate surface area is 79.0 Å². The summed E-state index contributed by atoms with van der Waals surface area (Å²) in [5.41, 5.74) is 0. The Bertz CT molecular complexity index is 309. The minimum Gasteiger partial charge on any atom is -0.382 e. The molecule has 0 aromatic carbocycles. The van der Waals surface area contributed by atoms with Gasteiger partial charge >= 0.3 is 6.18 Å². The Hall–Kier alpha value is -0.760. The van der Waals surface area contributed by atoms with E-state index in [1.807, 2.05) is 0 Å². The fourth-order valence-electron chi connectivity index (χ4n) is 0.679. The average Bonchev–Trinajstić information content (AvgIpc) is 2.49. The Kier molecular flexibility index (Phi) is 3.05. The fourth-order valence-corrected chi connectivity index (χ4v) is 1.45. The van der Waals surface area contributed by atoms with Crippen molar-refractivity contribution in [2.45, 2.75) is 18.7 Å². The predicted molar refractivity (Wildman–Crippen MR) is 38.1 cm³/mol. The number of alkyl halides is 5. The topological polar surface area (TPSA) is 33.1 Å². The van der Waals surface area contributed by atoms with Crippen molar-refractivity contribution in [1.29, 1.82) is 0 Å². The molecule has 0 saturated heterocycles. The first-order valence-corrected chi connectivity index (χ1v) is 4.13. The molecule has 14 heavy (non-hydrogen) atoms. The van der Waals surface area contributed by atoms with Crippen LogP contribution in [0.4, 0.5) is 22.0 Å². The number of aliphatic hydroxyl groups is 1. The maximum Gasteiger partial charge on any atom is 0.443 e. The van der Waals surface area contributed by atoms with Crippen molar-refractivity contribution in [2.75, 3.05) is 0 Å². The summed E-state index contributed by atoms with van der Waals surface area (Å²) in [7, 11) is 0. The van der Waals surface area contributed by atoms with Gasteiger partial charge in [0.2, 0.25) is 0 Å². The van der Waals surface area contributed by atoms with E-state index >= 15 is 0 Å². The molecule has 1 atom stereocenters. The number of thiazole rings is 1. The largest absolute Gasteiger partial charge is 0.443 e. The summed E-state index contributed by atoms with van der Waals surface area (Å²) in [5.74, 6) is 0. The molecule has 2 nitrogen and oxygen atoms in total. The van der Waals surface area contributed by atoms with Gasteiger partial charge in [-0.1, -0.05) is 0 Å². The zero-order chi connectivity index (χ0) is 10.9. The van der Waals surface area contributed by atoms with Gasteiger partial charge in [0.15, 0.2) is 11.1 Å². The summed E-state index contributed by atoms with van der Waals surface area (Å²) in [6.45, 7) is 0. The highest BCUT2D eigenvalue weighted by atomic mass is 32.1. The summed E-state index contributed by atoms with van der Waals surface area (Å²) >= 11 is 0.0101. The Morgan fingerprint density at radius 2 is 1.93 bits per heavy atom. The molecule has 1 rings (SSSR count). The van der Waals surface area contributed by atoms with Crippen LogP contribution in [0.5, 0.6) is 0 Å². The molecular weight excluding hydrogens is 229 g/mol. The molecule has 0 radical (unpaired) electrons. The van der Waals surface area contributed by atoms with Crippen LogP contribution in [0.2, 0.25) is 0 Å². The second-order valence-corrected chi connectivity index (χ2v) is 3.41. The van der Waals surface area contributed by atoms with E-state index in [9.17, 15) is 22.0 Å². The zero-order valence-corrected chi connectivity index (χ0v) is 7.24. The molecule has 0 saturated carbocycles. The van der Waals surface area contributed by atoms with Crippen LogP contribution in [0.1, 0.15) is 16.0 Å². The van der Waals surface area contributed by atoms with Crippen molar-refractivity contribution in [3.8, 4) is 0 Å². The third-order valence-electron chi connectivity index (χ3n) is 1.30. The van der Waals surface area contributed by atoms with Crippen molar-refractivity contribution < 1.29 is 27.1 Å². The molecule has 0 fully saturated rings. The van der Waals surface area contributed by atoms with Crippen molar-refractivity contribution in [1.82, 2.24) is 4.98 Å². The highest BCUT2D eigenvalue weighted by Crippen LogP contribution is 2.35. The lowest BCUT2D eigenvalue weighted by molar-refractivity contribution is -0.137. The first kappa shape index (κ1) is 11.3. The van der Waals surface area contributed by atoms with Gasteiger partial charge in [0.25, 0.3) is 6.43 Å². The molecule has 1 aromatic heterocycles. The lowest BCUT2D eigenvalue weighted by Crippen LogP contribution is -2.05. The molecule has 0 aliphatic rings. The Balaban J connectivity index is 2.89. The number of hydrogen-bond acceptors (Lipinski definition) is 3. The predicted octanol–water partition coefficient (Wildman–Crippen LogP) is 2.46. The van der Waals surface area contributed by atoms with Crippen LogP contribution in [0, 0.1) is 0 Å². The van der Waals surface area contributed by atoms with Crippen LogP contribution >= 0.6 is 11.3 Å². The maximum absolute atomic E-state index is 11.9. The Morgan fingerprint density at radius 1 is 1.36 bits per heavy atom. The minimum absolute atomic E-state index is 0.0101. The van der Waals surface area contributed by atoms with Gasteiger partial charge in [-0.15, -0.1) is 11.3 Å². The third kappa shape index (κ3) is 2.38. The molecule has 1 heterocycles. The number of aromatic nitrogens is 1. The van der Waals surface area contributed by atoms with E-state index in [1.54, 1.807) is 0 Å². The lowest BCUT2D eigenvalue weighted by Gasteiger charge is -2.04. The van der Waals surface area contributed by atoms with E-state index in [2.05, 4.69) is 4.98 Å². The molecule has 0 spiro atoms. The molecule has 1 N–H and O–H groups in total. The fraction of sp³-hybridized carbons (Fsp3) is 0.500. The van der Waals surface area contributed by atoms with Crippen LogP contribution in [0.3, 0.4) is 0 Å². The molecule has 0 aliphatic carbocycles. The minimum atomic E-state index is -4.66. The van der Waals surface area contributed by atoms with Gasteiger partial charge in [-0.2, -0.15) is 13.2 Å². The van der Waals surface area contributed by atoms with Gasteiger partial charge in [-0.3, -0.25) is 0 Å². The summed E-state index contributed by atoms with van der Waals surface area (Å²) in [6, 6.07) is 0. The van der Waals surface area contributed by atoms with Gasteiger partial charge in [0.05, 0.1) is 4.88 Å². The normalized spacial score (nSPS) is 14.8. The molecule has 1 unspecified atom stereocenters. The molecule has 0 amide bonds. The second kappa shape index (κ2) is 3.77. The second-order valence-electron chi connectivity index (χ2n) is 2.34. The molecule has 0 aliphatic heterocycles. The van der Waals surface area contributed by atoms with Crippen molar-refractivity contribution in [3.63, 3.8) is 0 Å². The first-order valence-electron chi connectivity index (χ1n) is 3.31. The number of aliphatic hydroxyl groups excluding tert-OH is 1.